The Morgan fingerprint density at radius 2 is 2.00 bits per heavy atom. The molecule has 1 aliphatic rings. The quantitative estimate of drug-likeness (QED) is 0.616. The van der Waals surface area contributed by atoms with Crippen LogP contribution in [-0.2, 0) is 9.59 Å². The fourth-order valence-corrected chi connectivity index (χ4v) is 3.27. The number of carboxylic acid groups (broad SMARTS) is 1. The predicted octanol–water partition coefficient (Wildman–Crippen LogP) is 1.61. The van der Waals surface area contributed by atoms with Crippen molar-refractivity contribution in [2.75, 3.05) is 12.3 Å². The molecule has 1 aliphatic heterocycles. The zero-order chi connectivity index (χ0) is 15.2. The van der Waals surface area contributed by atoms with Crippen LogP contribution >= 0.6 is 11.8 Å². The smallest absolute Gasteiger partial charge is 0.326 e. The Bertz CT molecular complexity index is 494. The molecule has 0 aromatic heterocycles. The Balaban J connectivity index is 1.75. The third-order valence-corrected chi connectivity index (χ3v) is 4.53. The molecule has 0 radical (unpaired) electrons. The third kappa shape index (κ3) is 4.47. The van der Waals surface area contributed by atoms with Gasteiger partial charge in [0, 0.05) is 24.3 Å². The summed E-state index contributed by atoms with van der Waals surface area (Å²) in [5, 5.41) is 18.6. The van der Waals surface area contributed by atoms with Crippen LogP contribution in [-0.4, -0.2) is 51.4 Å². The van der Waals surface area contributed by atoms with E-state index in [1.807, 2.05) is 30.3 Å². The lowest BCUT2D eigenvalue weighted by atomic mass is 10.2. The van der Waals surface area contributed by atoms with Crippen molar-refractivity contribution in [1.29, 1.82) is 0 Å². The SMILES string of the molecule is O=C(O)[C@@H]1C[C@H](O)CN1C(=O)CCCSc1ccccc1. The molecular weight excluding hydrogens is 290 g/mol. The van der Waals surface area contributed by atoms with Gasteiger partial charge < -0.3 is 15.1 Å². The molecule has 2 atom stereocenters. The second kappa shape index (κ2) is 7.47. The first-order valence-electron chi connectivity index (χ1n) is 6.96. The molecule has 6 heteroatoms. The molecule has 0 unspecified atom stereocenters. The minimum atomic E-state index is -1.04. The van der Waals surface area contributed by atoms with Crippen molar-refractivity contribution < 1.29 is 19.8 Å². The lowest BCUT2D eigenvalue weighted by Gasteiger charge is -2.21. The van der Waals surface area contributed by atoms with Crippen molar-refractivity contribution in [2.45, 2.75) is 36.3 Å². The number of amides is 1. The second-order valence-electron chi connectivity index (χ2n) is 5.05. The average molecular weight is 309 g/mol. The number of hydrogen-bond donors (Lipinski definition) is 2. The van der Waals surface area contributed by atoms with Crippen molar-refractivity contribution in [2.24, 2.45) is 0 Å². The summed E-state index contributed by atoms with van der Waals surface area (Å²) in [4.78, 5) is 25.6. The van der Waals surface area contributed by atoms with Gasteiger partial charge in [-0.3, -0.25) is 4.79 Å². The molecule has 0 bridgehead atoms. The molecule has 1 aromatic carbocycles. The van der Waals surface area contributed by atoms with Gasteiger partial charge in [0.2, 0.25) is 5.91 Å². The minimum absolute atomic E-state index is 0.125. The highest BCUT2D eigenvalue weighted by molar-refractivity contribution is 7.99. The number of benzene rings is 1. The van der Waals surface area contributed by atoms with E-state index in [0.717, 1.165) is 10.6 Å². The molecule has 1 fully saturated rings. The maximum Gasteiger partial charge on any atom is 0.326 e. The van der Waals surface area contributed by atoms with Gasteiger partial charge in [-0.1, -0.05) is 18.2 Å². The Labute approximate surface area is 128 Å². The van der Waals surface area contributed by atoms with Crippen LogP contribution in [0, 0.1) is 0 Å². The van der Waals surface area contributed by atoms with E-state index >= 15 is 0 Å². The number of nitrogens with zero attached hydrogens (tertiary/aromatic N) is 1. The Morgan fingerprint density at radius 1 is 1.29 bits per heavy atom. The normalized spacial score (nSPS) is 21.5. The van der Waals surface area contributed by atoms with Gasteiger partial charge in [0.15, 0.2) is 0 Å². The summed E-state index contributed by atoms with van der Waals surface area (Å²) in [6, 6.07) is 9.05. The number of carbonyl (C=O) groups is 2. The van der Waals surface area contributed by atoms with E-state index in [0.29, 0.717) is 12.8 Å². The lowest BCUT2D eigenvalue weighted by molar-refractivity contribution is -0.148. The van der Waals surface area contributed by atoms with Crippen molar-refractivity contribution in [3.05, 3.63) is 30.3 Å². The summed E-state index contributed by atoms with van der Waals surface area (Å²) >= 11 is 1.68. The van der Waals surface area contributed by atoms with Crippen LogP contribution in [0.1, 0.15) is 19.3 Å². The van der Waals surface area contributed by atoms with Crippen LogP contribution in [0.5, 0.6) is 0 Å². The number of rotatable bonds is 6. The highest BCUT2D eigenvalue weighted by Gasteiger charge is 2.38. The largest absolute Gasteiger partial charge is 0.480 e. The number of aliphatic hydroxyl groups excluding tert-OH is 1. The highest BCUT2D eigenvalue weighted by Crippen LogP contribution is 2.22. The molecule has 0 spiro atoms. The van der Waals surface area contributed by atoms with Crippen molar-refractivity contribution in [1.82, 2.24) is 4.90 Å². The second-order valence-corrected chi connectivity index (χ2v) is 6.22. The summed E-state index contributed by atoms with van der Waals surface area (Å²) < 4.78 is 0. The van der Waals surface area contributed by atoms with Gasteiger partial charge in [-0.15, -0.1) is 11.8 Å². The number of likely N-dealkylation sites (tertiary alicyclic amines) is 1. The Morgan fingerprint density at radius 3 is 2.67 bits per heavy atom. The van der Waals surface area contributed by atoms with Gasteiger partial charge in [0.25, 0.3) is 0 Å². The van der Waals surface area contributed by atoms with E-state index < -0.39 is 18.1 Å². The summed E-state index contributed by atoms with van der Waals surface area (Å²) in [6.07, 6.45) is 0.404. The van der Waals surface area contributed by atoms with E-state index in [9.17, 15) is 14.7 Å². The zero-order valence-electron chi connectivity index (χ0n) is 11.6. The monoisotopic (exact) mass is 309 g/mol. The molecule has 5 nitrogen and oxygen atoms in total. The molecule has 0 aliphatic carbocycles. The first-order chi connectivity index (χ1) is 10.1. The summed E-state index contributed by atoms with van der Waals surface area (Å²) in [5.41, 5.74) is 0. The van der Waals surface area contributed by atoms with Crippen LogP contribution in [0.15, 0.2) is 35.2 Å². The van der Waals surface area contributed by atoms with Gasteiger partial charge in [0.05, 0.1) is 6.10 Å². The zero-order valence-corrected chi connectivity index (χ0v) is 12.5. The Hall–Kier alpha value is -1.53. The maximum absolute atomic E-state index is 12.1. The van der Waals surface area contributed by atoms with E-state index in [4.69, 9.17) is 5.11 Å². The molecule has 1 aromatic rings. The number of carbonyl (C=O) groups excluding carboxylic acids is 1. The molecule has 1 heterocycles. The maximum atomic E-state index is 12.1. The molecule has 1 saturated heterocycles. The van der Waals surface area contributed by atoms with Crippen LogP contribution in [0.3, 0.4) is 0 Å². The number of hydrogen-bond acceptors (Lipinski definition) is 4. The van der Waals surface area contributed by atoms with Crippen LogP contribution in [0.4, 0.5) is 0 Å². The first kappa shape index (κ1) is 15.9. The van der Waals surface area contributed by atoms with Gasteiger partial charge in [-0.2, -0.15) is 0 Å². The fourth-order valence-electron chi connectivity index (χ4n) is 2.40. The molecule has 2 rings (SSSR count). The molecule has 0 saturated carbocycles. The number of β-amino-alcohol motifs (C(OH)–C–C–N with tert-alkyl or cyclic N) is 1. The van der Waals surface area contributed by atoms with E-state index in [1.165, 1.54) is 4.90 Å². The van der Waals surface area contributed by atoms with Gasteiger partial charge in [-0.05, 0) is 24.3 Å². The number of carboxylic acids is 1. The molecular formula is C15H19NO4S. The van der Waals surface area contributed by atoms with Gasteiger partial charge in [-0.25, -0.2) is 4.79 Å². The van der Waals surface area contributed by atoms with Gasteiger partial charge >= 0.3 is 5.97 Å². The minimum Gasteiger partial charge on any atom is -0.480 e. The topological polar surface area (TPSA) is 77.8 Å². The van der Waals surface area contributed by atoms with Crippen LogP contribution < -0.4 is 0 Å². The molecule has 114 valence electrons. The van der Waals surface area contributed by atoms with Crippen molar-refractivity contribution in [3.63, 3.8) is 0 Å². The summed E-state index contributed by atoms with van der Waals surface area (Å²) in [7, 11) is 0. The van der Waals surface area contributed by atoms with Crippen LogP contribution in [0.2, 0.25) is 0 Å². The predicted molar refractivity (Wildman–Crippen MR) is 80.2 cm³/mol. The van der Waals surface area contributed by atoms with Crippen molar-refractivity contribution in [3.8, 4) is 0 Å². The Kier molecular flexibility index (Phi) is 5.64. The standard InChI is InChI=1S/C15H19NO4S/c17-11-9-13(15(19)20)16(10-11)14(18)7-4-8-21-12-5-2-1-3-6-12/h1-3,5-6,11,13,17H,4,7-10H2,(H,19,20)/t11-,13-/m0/s1. The summed E-state index contributed by atoms with van der Waals surface area (Å²) in [5.74, 6) is -0.421. The molecule has 2 N–H and O–H groups in total. The lowest BCUT2D eigenvalue weighted by Crippen LogP contribution is -2.40. The van der Waals surface area contributed by atoms with Crippen LogP contribution in [0.25, 0.3) is 0 Å². The fraction of sp³-hybridized carbons (Fsp3) is 0.467. The van der Waals surface area contributed by atoms with E-state index in [1.54, 1.807) is 11.8 Å². The number of aliphatic hydroxyl groups is 1. The third-order valence-electron chi connectivity index (χ3n) is 3.43. The number of aliphatic carboxylic acids is 1. The molecule has 1 amide bonds. The first-order valence-corrected chi connectivity index (χ1v) is 7.94. The van der Waals surface area contributed by atoms with E-state index in [-0.39, 0.29) is 18.9 Å². The molecule has 21 heavy (non-hydrogen) atoms. The van der Waals surface area contributed by atoms with E-state index in [2.05, 4.69) is 0 Å². The average Bonchev–Trinajstić information content (AvgIpc) is 2.87. The van der Waals surface area contributed by atoms with Gasteiger partial charge in [0.1, 0.15) is 6.04 Å². The highest BCUT2D eigenvalue weighted by atomic mass is 32.2. The number of thioether (sulfide) groups is 1. The van der Waals surface area contributed by atoms with Crippen molar-refractivity contribution >= 4 is 23.6 Å². The summed E-state index contributed by atoms with van der Waals surface area (Å²) in [6.45, 7) is 0.127.